The minimum atomic E-state index is -0.913. The van der Waals surface area contributed by atoms with Gasteiger partial charge in [-0.15, -0.1) is 0 Å². The molecular formula is C15H26F2. The van der Waals surface area contributed by atoms with Gasteiger partial charge in [-0.3, -0.25) is 0 Å². The molecule has 0 spiro atoms. The van der Waals surface area contributed by atoms with E-state index in [1.807, 2.05) is 0 Å². The molecule has 0 radical (unpaired) electrons. The zero-order valence-corrected chi connectivity index (χ0v) is 11.2. The van der Waals surface area contributed by atoms with Crippen molar-refractivity contribution < 1.29 is 8.78 Å². The topological polar surface area (TPSA) is 0 Å². The maximum absolute atomic E-state index is 13.8. The Morgan fingerprint density at radius 1 is 0.765 bits per heavy atom. The van der Waals surface area contributed by atoms with Crippen LogP contribution in [0.15, 0.2) is 0 Å². The van der Waals surface area contributed by atoms with Crippen LogP contribution in [0, 0.1) is 23.7 Å². The highest BCUT2D eigenvalue weighted by Crippen LogP contribution is 2.42. The van der Waals surface area contributed by atoms with Crippen molar-refractivity contribution >= 4 is 0 Å². The quantitative estimate of drug-likeness (QED) is 0.574. The lowest BCUT2D eigenvalue weighted by Crippen LogP contribution is -2.36. The van der Waals surface area contributed by atoms with Crippen LogP contribution in [0.2, 0.25) is 0 Å². The summed E-state index contributed by atoms with van der Waals surface area (Å²) in [6.45, 7) is 4.03. The van der Waals surface area contributed by atoms with E-state index in [1.54, 1.807) is 6.92 Å². The second kappa shape index (κ2) is 5.67. The fraction of sp³-hybridized carbons (Fsp3) is 1.00. The first-order chi connectivity index (χ1) is 8.08. The van der Waals surface area contributed by atoms with E-state index >= 15 is 0 Å². The van der Waals surface area contributed by atoms with Crippen LogP contribution in [0.5, 0.6) is 0 Å². The third-order valence-corrected chi connectivity index (χ3v) is 5.17. The first-order valence-electron chi connectivity index (χ1n) is 7.36. The minimum Gasteiger partial charge on any atom is -0.247 e. The third kappa shape index (κ3) is 3.20. The van der Waals surface area contributed by atoms with Gasteiger partial charge in [0.2, 0.25) is 0 Å². The van der Waals surface area contributed by atoms with Crippen LogP contribution in [0.4, 0.5) is 8.78 Å². The molecule has 2 saturated carbocycles. The highest BCUT2D eigenvalue weighted by Gasteiger charge is 2.38. The number of hydrogen-bond acceptors (Lipinski definition) is 0. The number of halogens is 2. The van der Waals surface area contributed by atoms with Crippen molar-refractivity contribution in [2.45, 2.75) is 71.1 Å². The molecule has 2 rings (SSSR count). The molecule has 0 aromatic heterocycles. The van der Waals surface area contributed by atoms with Crippen molar-refractivity contribution in [2.75, 3.05) is 0 Å². The van der Waals surface area contributed by atoms with E-state index in [-0.39, 0.29) is 5.92 Å². The smallest absolute Gasteiger partial charge is 0.106 e. The van der Waals surface area contributed by atoms with E-state index in [0.29, 0.717) is 24.7 Å². The van der Waals surface area contributed by atoms with Gasteiger partial charge < -0.3 is 0 Å². The van der Waals surface area contributed by atoms with Crippen molar-refractivity contribution in [1.82, 2.24) is 0 Å². The highest BCUT2D eigenvalue weighted by atomic mass is 19.1. The third-order valence-electron chi connectivity index (χ3n) is 5.17. The monoisotopic (exact) mass is 244 g/mol. The van der Waals surface area contributed by atoms with Gasteiger partial charge in [0.1, 0.15) is 12.3 Å². The average molecular weight is 244 g/mol. The standard InChI is InChI=1S/C15H26F2/c1-10-4-3-5-12(7-6-10)13-8-14(16)11(2)15(17)9-13/h10-15H,3-9H2,1-2H3. The Hall–Kier alpha value is -0.140. The fourth-order valence-electron chi connectivity index (χ4n) is 3.70. The van der Waals surface area contributed by atoms with E-state index in [2.05, 4.69) is 6.92 Å². The molecule has 0 aromatic carbocycles. The second-order valence-electron chi connectivity index (χ2n) is 6.50. The van der Waals surface area contributed by atoms with Crippen LogP contribution in [-0.4, -0.2) is 12.3 Å². The molecule has 0 nitrogen and oxygen atoms in total. The summed E-state index contributed by atoms with van der Waals surface area (Å²) in [5.41, 5.74) is 0. The SMILES string of the molecule is CC1CCCC(C2CC(F)C(C)C(F)C2)CC1. The maximum Gasteiger partial charge on any atom is 0.106 e. The van der Waals surface area contributed by atoms with Crippen molar-refractivity contribution in [1.29, 1.82) is 0 Å². The van der Waals surface area contributed by atoms with Gasteiger partial charge in [-0.1, -0.05) is 39.5 Å². The predicted molar refractivity (Wildman–Crippen MR) is 67.4 cm³/mol. The zero-order chi connectivity index (χ0) is 12.4. The molecule has 0 saturated heterocycles. The molecule has 100 valence electrons. The van der Waals surface area contributed by atoms with Gasteiger partial charge in [0.15, 0.2) is 0 Å². The first kappa shape index (κ1) is 13.3. The average Bonchev–Trinajstić information content (AvgIpc) is 2.50. The predicted octanol–water partition coefficient (Wildman–Crippen LogP) is 4.93. The Morgan fingerprint density at radius 3 is 2.06 bits per heavy atom. The summed E-state index contributed by atoms with van der Waals surface area (Å²) >= 11 is 0. The van der Waals surface area contributed by atoms with Crippen LogP contribution in [0.3, 0.4) is 0 Å². The molecule has 2 aliphatic carbocycles. The number of hydrogen-bond donors (Lipinski definition) is 0. The molecule has 0 aromatic rings. The summed E-state index contributed by atoms with van der Waals surface area (Å²) < 4.78 is 27.5. The minimum absolute atomic E-state index is 0.307. The summed E-state index contributed by atoms with van der Waals surface area (Å²) in [7, 11) is 0. The van der Waals surface area contributed by atoms with Crippen molar-refractivity contribution in [3.63, 3.8) is 0 Å². The second-order valence-corrected chi connectivity index (χ2v) is 6.50. The normalized spacial score (nSPS) is 48.7. The molecule has 2 aliphatic rings. The van der Waals surface area contributed by atoms with Crippen LogP contribution in [0.25, 0.3) is 0 Å². The maximum atomic E-state index is 13.8. The van der Waals surface area contributed by atoms with Crippen molar-refractivity contribution in [3.8, 4) is 0 Å². The summed E-state index contributed by atoms with van der Waals surface area (Å²) in [4.78, 5) is 0. The number of alkyl halides is 2. The molecule has 0 N–H and O–H groups in total. The van der Waals surface area contributed by atoms with Crippen LogP contribution < -0.4 is 0 Å². The summed E-state index contributed by atoms with van der Waals surface area (Å²) in [6.07, 6.45) is 5.60. The van der Waals surface area contributed by atoms with Gasteiger partial charge >= 0.3 is 0 Å². The molecular weight excluding hydrogens is 218 g/mol. The van der Waals surface area contributed by atoms with E-state index in [0.717, 1.165) is 5.92 Å². The lowest BCUT2D eigenvalue weighted by atomic mass is 9.72. The fourth-order valence-corrected chi connectivity index (χ4v) is 3.70. The Kier molecular flexibility index (Phi) is 4.43. The Labute approximate surface area is 104 Å². The molecule has 0 aliphatic heterocycles. The van der Waals surface area contributed by atoms with E-state index in [1.165, 1.54) is 32.1 Å². The van der Waals surface area contributed by atoms with Gasteiger partial charge in [-0.05, 0) is 37.0 Å². The molecule has 0 heterocycles. The largest absolute Gasteiger partial charge is 0.247 e. The van der Waals surface area contributed by atoms with Gasteiger partial charge in [0.25, 0.3) is 0 Å². The molecule has 2 heteroatoms. The molecule has 17 heavy (non-hydrogen) atoms. The van der Waals surface area contributed by atoms with Crippen LogP contribution in [-0.2, 0) is 0 Å². The van der Waals surface area contributed by atoms with Gasteiger partial charge in [-0.2, -0.15) is 0 Å². The van der Waals surface area contributed by atoms with E-state index in [4.69, 9.17) is 0 Å². The first-order valence-corrected chi connectivity index (χ1v) is 7.36. The lowest BCUT2D eigenvalue weighted by Gasteiger charge is -2.36. The molecule has 2 fully saturated rings. The molecule has 0 bridgehead atoms. The zero-order valence-electron chi connectivity index (χ0n) is 11.2. The van der Waals surface area contributed by atoms with Crippen molar-refractivity contribution in [3.05, 3.63) is 0 Å². The van der Waals surface area contributed by atoms with Crippen LogP contribution in [0.1, 0.15) is 58.8 Å². The van der Waals surface area contributed by atoms with E-state index < -0.39 is 12.3 Å². The van der Waals surface area contributed by atoms with Crippen molar-refractivity contribution in [2.24, 2.45) is 23.7 Å². The summed E-state index contributed by atoms with van der Waals surface area (Å²) in [5.74, 6) is 1.33. The Morgan fingerprint density at radius 2 is 1.41 bits per heavy atom. The Bertz CT molecular complexity index is 229. The summed E-state index contributed by atoms with van der Waals surface area (Å²) in [6, 6.07) is 0. The Balaban J connectivity index is 1.93. The summed E-state index contributed by atoms with van der Waals surface area (Å²) in [5, 5.41) is 0. The molecule has 4 atom stereocenters. The van der Waals surface area contributed by atoms with Gasteiger partial charge in [0.05, 0.1) is 0 Å². The number of rotatable bonds is 1. The van der Waals surface area contributed by atoms with Gasteiger partial charge in [0, 0.05) is 5.92 Å². The van der Waals surface area contributed by atoms with Crippen LogP contribution >= 0.6 is 0 Å². The molecule has 4 unspecified atom stereocenters. The molecule has 0 amide bonds. The van der Waals surface area contributed by atoms with E-state index in [9.17, 15) is 8.78 Å². The van der Waals surface area contributed by atoms with Gasteiger partial charge in [-0.25, -0.2) is 8.78 Å². The highest BCUT2D eigenvalue weighted by molar-refractivity contribution is 4.88. The lowest BCUT2D eigenvalue weighted by molar-refractivity contribution is 0.0310.